The second-order valence-electron chi connectivity index (χ2n) is 7.35. The van der Waals surface area contributed by atoms with Crippen LogP contribution in [0.4, 0.5) is 0 Å². The highest BCUT2D eigenvalue weighted by molar-refractivity contribution is 7.99. The molecule has 0 unspecified atom stereocenters. The molecule has 0 atom stereocenters. The fourth-order valence-corrected chi connectivity index (χ4v) is 4.37. The van der Waals surface area contributed by atoms with E-state index in [2.05, 4.69) is 25.8 Å². The van der Waals surface area contributed by atoms with E-state index < -0.39 is 0 Å². The van der Waals surface area contributed by atoms with Crippen LogP contribution in [0, 0.1) is 0 Å². The van der Waals surface area contributed by atoms with E-state index in [9.17, 15) is 0 Å². The number of halogens is 1. The molecule has 0 radical (unpaired) electrons. The van der Waals surface area contributed by atoms with Crippen LogP contribution in [0.1, 0.15) is 17.5 Å². The number of ether oxygens (including phenoxy) is 2. The first-order valence-corrected chi connectivity index (χ1v) is 12.2. The van der Waals surface area contributed by atoms with E-state index in [0.29, 0.717) is 29.7 Å². The first-order valence-electron chi connectivity index (χ1n) is 10.8. The van der Waals surface area contributed by atoms with E-state index in [1.807, 2.05) is 54.6 Å². The smallest absolute Gasteiger partial charge is 0.214 e. The van der Waals surface area contributed by atoms with E-state index in [4.69, 9.17) is 21.1 Å². The van der Waals surface area contributed by atoms with Gasteiger partial charge in [0.25, 0.3) is 0 Å². The van der Waals surface area contributed by atoms with E-state index >= 15 is 0 Å². The molecule has 176 valence electrons. The number of tetrazole rings is 1. The molecule has 4 aromatic rings. The Hall–Kier alpha value is -3.14. The Labute approximate surface area is 207 Å². The van der Waals surface area contributed by atoms with E-state index in [-0.39, 0.29) is 0 Å². The minimum Gasteiger partial charge on any atom is -0.493 e. The summed E-state index contributed by atoms with van der Waals surface area (Å²) in [5, 5.41) is 16.8. The molecule has 34 heavy (non-hydrogen) atoms. The molecule has 10 heteroatoms. The molecule has 0 aliphatic heterocycles. The van der Waals surface area contributed by atoms with Crippen LogP contribution in [-0.4, -0.2) is 44.6 Å². The largest absolute Gasteiger partial charge is 0.493 e. The van der Waals surface area contributed by atoms with Gasteiger partial charge in [-0.25, -0.2) is 0 Å². The Morgan fingerprint density at radius 3 is 2.76 bits per heavy atom. The van der Waals surface area contributed by atoms with Gasteiger partial charge in [-0.05, 0) is 59.3 Å². The van der Waals surface area contributed by atoms with Crippen LogP contribution in [-0.2, 0) is 13.2 Å². The van der Waals surface area contributed by atoms with Crippen molar-refractivity contribution in [3.05, 3.63) is 83.1 Å². The Morgan fingerprint density at radius 1 is 1.09 bits per heavy atom. The minimum atomic E-state index is 0.368. The van der Waals surface area contributed by atoms with Crippen molar-refractivity contribution in [3.63, 3.8) is 0 Å². The molecule has 0 fully saturated rings. The van der Waals surface area contributed by atoms with Crippen molar-refractivity contribution < 1.29 is 9.47 Å². The van der Waals surface area contributed by atoms with Gasteiger partial charge in [0.05, 0.1) is 17.8 Å². The molecule has 2 heterocycles. The Bertz CT molecular complexity index is 1180. The number of nitrogens with one attached hydrogen (secondary N) is 1. The lowest BCUT2D eigenvalue weighted by Crippen LogP contribution is -2.15. The predicted molar refractivity (Wildman–Crippen MR) is 133 cm³/mol. The monoisotopic (exact) mass is 496 g/mol. The van der Waals surface area contributed by atoms with Gasteiger partial charge in [0.2, 0.25) is 5.16 Å². The van der Waals surface area contributed by atoms with Crippen molar-refractivity contribution in [2.75, 3.05) is 19.4 Å². The Kier molecular flexibility index (Phi) is 8.72. The number of pyridine rings is 1. The number of aromatic nitrogens is 5. The molecular weight excluding hydrogens is 472 g/mol. The molecule has 0 aliphatic rings. The van der Waals surface area contributed by atoms with E-state index in [0.717, 1.165) is 40.7 Å². The maximum absolute atomic E-state index is 6.49. The lowest BCUT2D eigenvalue weighted by atomic mass is 10.2. The van der Waals surface area contributed by atoms with Crippen molar-refractivity contribution in [2.45, 2.75) is 24.7 Å². The number of benzene rings is 2. The minimum absolute atomic E-state index is 0.368. The maximum Gasteiger partial charge on any atom is 0.214 e. The van der Waals surface area contributed by atoms with Crippen LogP contribution >= 0.6 is 23.4 Å². The third-order valence-electron chi connectivity index (χ3n) is 4.90. The summed E-state index contributed by atoms with van der Waals surface area (Å²) in [7, 11) is 1.61. The summed E-state index contributed by atoms with van der Waals surface area (Å²) in [5.74, 6) is 2.03. The fourth-order valence-electron chi connectivity index (χ4n) is 3.25. The highest BCUT2D eigenvalue weighted by Gasteiger charge is 2.13. The van der Waals surface area contributed by atoms with Crippen LogP contribution in [0.2, 0.25) is 5.02 Å². The summed E-state index contributed by atoms with van der Waals surface area (Å²) < 4.78 is 13.2. The number of methoxy groups -OCH3 is 1. The van der Waals surface area contributed by atoms with Crippen LogP contribution in [0.25, 0.3) is 5.69 Å². The van der Waals surface area contributed by atoms with Gasteiger partial charge in [0.15, 0.2) is 11.5 Å². The summed E-state index contributed by atoms with van der Waals surface area (Å²) in [6.07, 6.45) is 4.45. The number of nitrogens with zero attached hydrogens (tertiary/aromatic N) is 5. The van der Waals surface area contributed by atoms with Crippen LogP contribution in [0.15, 0.2) is 72.1 Å². The van der Waals surface area contributed by atoms with Crippen LogP contribution < -0.4 is 14.8 Å². The second-order valence-corrected chi connectivity index (χ2v) is 8.82. The molecule has 8 nitrogen and oxygen atoms in total. The number of hydrogen-bond donors (Lipinski definition) is 1. The molecule has 0 saturated heterocycles. The molecule has 0 bridgehead atoms. The number of hydrogen-bond acceptors (Lipinski definition) is 8. The fraction of sp³-hybridized carbons (Fsp3) is 0.250. The average Bonchev–Trinajstić information content (AvgIpc) is 3.35. The van der Waals surface area contributed by atoms with Crippen LogP contribution in [0.3, 0.4) is 0 Å². The molecule has 2 aromatic heterocycles. The van der Waals surface area contributed by atoms with Crippen molar-refractivity contribution in [1.29, 1.82) is 0 Å². The SMILES string of the molecule is COc1cc(CNCCCSc2nnnn2-c2ccccc2)cc(Cl)c1OCc1cccnc1. The van der Waals surface area contributed by atoms with Gasteiger partial charge >= 0.3 is 0 Å². The lowest BCUT2D eigenvalue weighted by Gasteiger charge is -2.14. The third-order valence-corrected chi connectivity index (χ3v) is 6.18. The number of para-hydroxylation sites is 1. The van der Waals surface area contributed by atoms with Crippen molar-refractivity contribution in [3.8, 4) is 17.2 Å². The zero-order valence-corrected chi connectivity index (χ0v) is 20.3. The predicted octanol–water partition coefficient (Wildman–Crippen LogP) is 4.57. The van der Waals surface area contributed by atoms with Gasteiger partial charge in [-0.2, -0.15) is 4.68 Å². The van der Waals surface area contributed by atoms with Gasteiger partial charge in [-0.15, -0.1) is 5.10 Å². The van der Waals surface area contributed by atoms with Gasteiger partial charge in [0, 0.05) is 30.3 Å². The quantitative estimate of drug-likeness (QED) is 0.225. The van der Waals surface area contributed by atoms with Crippen molar-refractivity contribution in [2.24, 2.45) is 0 Å². The topological polar surface area (TPSA) is 87.0 Å². The zero-order valence-electron chi connectivity index (χ0n) is 18.7. The van der Waals surface area contributed by atoms with Gasteiger partial charge in [-0.3, -0.25) is 4.98 Å². The third kappa shape index (κ3) is 6.47. The van der Waals surface area contributed by atoms with E-state index in [1.165, 1.54) is 0 Å². The Morgan fingerprint density at radius 2 is 1.97 bits per heavy atom. The second kappa shape index (κ2) is 12.4. The van der Waals surface area contributed by atoms with Crippen molar-refractivity contribution in [1.82, 2.24) is 30.5 Å². The summed E-state index contributed by atoms with van der Waals surface area (Å²) in [5.41, 5.74) is 2.94. The molecule has 1 N–H and O–H groups in total. The average molecular weight is 497 g/mol. The maximum atomic E-state index is 6.49. The standard InChI is InChI=1S/C24H25ClN6O2S/c1-32-22-14-19(13-21(25)23(22)33-17-18-7-5-10-26-15-18)16-27-11-6-12-34-24-28-29-30-31(24)20-8-3-2-4-9-20/h2-5,7-10,13-15,27H,6,11-12,16-17H2,1H3. The summed E-state index contributed by atoms with van der Waals surface area (Å²) in [6.45, 7) is 1.89. The molecule has 2 aromatic carbocycles. The number of thioether (sulfide) groups is 1. The zero-order chi connectivity index (χ0) is 23.6. The normalized spacial score (nSPS) is 10.9. The van der Waals surface area contributed by atoms with Gasteiger partial charge in [0.1, 0.15) is 6.61 Å². The van der Waals surface area contributed by atoms with Crippen LogP contribution in [0.5, 0.6) is 11.5 Å². The molecular formula is C24H25ClN6O2S. The highest BCUT2D eigenvalue weighted by Crippen LogP contribution is 2.37. The Balaban J connectivity index is 1.24. The summed E-state index contributed by atoms with van der Waals surface area (Å²) in [6, 6.07) is 17.5. The molecule has 0 saturated carbocycles. The van der Waals surface area contributed by atoms with Gasteiger partial charge in [-0.1, -0.05) is 47.6 Å². The molecule has 0 aliphatic carbocycles. The lowest BCUT2D eigenvalue weighted by molar-refractivity contribution is 0.284. The van der Waals surface area contributed by atoms with Gasteiger partial charge < -0.3 is 14.8 Å². The first-order chi connectivity index (χ1) is 16.7. The highest BCUT2D eigenvalue weighted by atomic mass is 35.5. The molecule has 0 spiro atoms. The molecule has 4 rings (SSSR count). The summed E-state index contributed by atoms with van der Waals surface area (Å²) >= 11 is 8.13. The molecule has 0 amide bonds. The first kappa shape index (κ1) is 24.0. The van der Waals surface area contributed by atoms with E-state index in [1.54, 1.807) is 35.9 Å². The van der Waals surface area contributed by atoms with Crippen molar-refractivity contribution >= 4 is 23.4 Å². The number of rotatable bonds is 12. The summed E-state index contributed by atoms with van der Waals surface area (Å²) in [4.78, 5) is 4.10.